The minimum absolute atomic E-state index is 0.0345. The summed E-state index contributed by atoms with van der Waals surface area (Å²) in [5, 5.41) is 9.03. The van der Waals surface area contributed by atoms with Crippen molar-refractivity contribution in [3.05, 3.63) is 64.2 Å². The minimum Gasteiger partial charge on any atom is -0.481 e. The Balaban J connectivity index is 1.92. The van der Waals surface area contributed by atoms with Gasteiger partial charge < -0.3 is 10.0 Å². The standard InChI is InChI=1S/C22H22N2O5/c1-12-5-6-13(2)18(9-12)24-20(26)16-8-7-15(10-17(16)21(24)27)19(25)23(4)11-14(3)22(28)29/h5-10,14H,11H2,1-4H3,(H,28,29). The van der Waals surface area contributed by atoms with Crippen molar-refractivity contribution in [3.63, 3.8) is 0 Å². The number of carbonyl (C=O) groups is 4. The van der Waals surface area contributed by atoms with Crippen molar-refractivity contribution in [2.75, 3.05) is 18.5 Å². The molecule has 2 aromatic carbocycles. The van der Waals surface area contributed by atoms with Gasteiger partial charge in [-0.05, 0) is 49.2 Å². The topological polar surface area (TPSA) is 95.0 Å². The largest absolute Gasteiger partial charge is 0.481 e. The van der Waals surface area contributed by atoms with Crippen LogP contribution in [0.2, 0.25) is 0 Å². The van der Waals surface area contributed by atoms with E-state index >= 15 is 0 Å². The van der Waals surface area contributed by atoms with E-state index in [0.717, 1.165) is 16.0 Å². The van der Waals surface area contributed by atoms with Crippen LogP contribution in [-0.4, -0.2) is 47.3 Å². The molecule has 0 bridgehead atoms. The molecule has 1 heterocycles. The number of anilines is 1. The van der Waals surface area contributed by atoms with Crippen LogP contribution in [0, 0.1) is 19.8 Å². The van der Waals surface area contributed by atoms with Gasteiger partial charge in [-0.15, -0.1) is 0 Å². The molecule has 0 saturated carbocycles. The van der Waals surface area contributed by atoms with Gasteiger partial charge in [0.15, 0.2) is 0 Å². The molecule has 0 fully saturated rings. The third kappa shape index (κ3) is 3.63. The average molecular weight is 394 g/mol. The van der Waals surface area contributed by atoms with Crippen molar-refractivity contribution in [1.82, 2.24) is 4.90 Å². The van der Waals surface area contributed by atoms with E-state index < -0.39 is 29.6 Å². The molecule has 1 aliphatic heterocycles. The SMILES string of the molecule is Cc1ccc(C)c(N2C(=O)c3ccc(C(=O)N(C)CC(C)C(=O)O)cc3C2=O)c1. The Hall–Kier alpha value is -3.48. The zero-order chi connectivity index (χ0) is 21.5. The molecule has 1 aliphatic rings. The first-order valence-corrected chi connectivity index (χ1v) is 9.20. The van der Waals surface area contributed by atoms with Crippen LogP contribution in [0.25, 0.3) is 0 Å². The maximum Gasteiger partial charge on any atom is 0.308 e. The highest BCUT2D eigenvalue weighted by molar-refractivity contribution is 6.35. The van der Waals surface area contributed by atoms with Crippen molar-refractivity contribution >= 4 is 29.4 Å². The highest BCUT2D eigenvalue weighted by Crippen LogP contribution is 2.32. The van der Waals surface area contributed by atoms with E-state index in [0.29, 0.717) is 5.69 Å². The van der Waals surface area contributed by atoms with Crippen LogP contribution in [0.5, 0.6) is 0 Å². The fourth-order valence-corrected chi connectivity index (χ4v) is 3.35. The molecule has 7 heteroatoms. The zero-order valence-electron chi connectivity index (χ0n) is 16.7. The molecule has 1 N–H and O–H groups in total. The van der Waals surface area contributed by atoms with E-state index in [1.807, 2.05) is 26.0 Å². The van der Waals surface area contributed by atoms with E-state index in [2.05, 4.69) is 0 Å². The average Bonchev–Trinajstić information content (AvgIpc) is 2.93. The summed E-state index contributed by atoms with van der Waals surface area (Å²) in [6.45, 7) is 5.25. The van der Waals surface area contributed by atoms with Crippen molar-refractivity contribution in [2.45, 2.75) is 20.8 Å². The number of hydrogen-bond acceptors (Lipinski definition) is 4. The van der Waals surface area contributed by atoms with Crippen LogP contribution in [0.1, 0.15) is 49.1 Å². The third-order valence-corrected chi connectivity index (χ3v) is 5.06. The number of hydrogen-bond donors (Lipinski definition) is 1. The van der Waals surface area contributed by atoms with Crippen molar-refractivity contribution in [1.29, 1.82) is 0 Å². The molecule has 0 aromatic heterocycles. The van der Waals surface area contributed by atoms with Gasteiger partial charge in [-0.3, -0.25) is 19.2 Å². The molecule has 0 radical (unpaired) electrons. The summed E-state index contributed by atoms with van der Waals surface area (Å²) in [7, 11) is 1.50. The first-order chi connectivity index (χ1) is 13.6. The smallest absolute Gasteiger partial charge is 0.308 e. The fraction of sp³-hybridized carbons (Fsp3) is 0.273. The minimum atomic E-state index is -0.997. The summed E-state index contributed by atoms with van der Waals surface area (Å²) in [5.41, 5.74) is 2.88. The lowest BCUT2D eigenvalue weighted by atomic mass is 10.0. The Kier molecular flexibility index (Phi) is 5.24. The lowest BCUT2D eigenvalue weighted by Crippen LogP contribution is -2.33. The number of aryl methyl sites for hydroxylation is 2. The highest BCUT2D eigenvalue weighted by Gasteiger charge is 2.38. The van der Waals surface area contributed by atoms with Gasteiger partial charge in [0.2, 0.25) is 0 Å². The second-order valence-corrected chi connectivity index (χ2v) is 7.42. The fourth-order valence-electron chi connectivity index (χ4n) is 3.35. The summed E-state index contributed by atoms with van der Waals surface area (Å²) < 4.78 is 0. The summed E-state index contributed by atoms with van der Waals surface area (Å²) in [6, 6.07) is 9.90. The van der Waals surface area contributed by atoms with Crippen molar-refractivity contribution in [3.8, 4) is 0 Å². The van der Waals surface area contributed by atoms with Crippen LogP contribution in [0.15, 0.2) is 36.4 Å². The number of aliphatic carboxylic acids is 1. The van der Waals surface area contributed by atoms with Gasteiger partial charge in [-0.25, -0.2) is 4.90 Å². The molecule has 150 valence electrons. The lowest BCUT2D eigenvalue weighted by molar-refractivity contribution is -0.141. The summed E-state index contributed by atoms with van der Waals surface area (Å²) >= 11 is 0. The van der Waals surface area contributed by atoms with Gasteiger partial charge in [0.05, 0.1) is 22.7 Å². The summed E-state index contributed by atoms with van der Waals surface area (Å²) in [5.74, 6) is -3.03. The normalized spacial score (nSPS) is 14.0. The lowest BCUT2D eigenvalue weighted by Gasteiger charge is -2.19. The van der Waals surface area contributed by atoms with E-state index in [-0.39, 0.29) is 23.2 Å². The molecule has 1 unspecified atom stereocenters. The van der Waals surface area contributed by atoms with Crippen LogP contribution in [0.4, 0.5) is 5.69 Å². The van der Waals surface area contributed by atoms with E-state index in [1.54, 1.807) is 6.07 Å². The zero-order valence-corrected chi connectivity index (χ0v) is 16.7. The van der Waals surface area contributed by atoms with E-state index in [1.165, 1.54) is 37.1 Å². The molecule has 0 spiro atoms. The quantitative estimate of drug-likeness (QED) is 0.787. The number of nitrogens with zero attached hydrogens (tertiary/aromatic N) is 2. The van der Waals surface area contributed by atoms with E-state index in [9.17, 15) is 19.2 Å². The molecular formula is C22H22N2O5. The maximum absolute atomic E-state index is 13.0. The first kappa shape index (κ1) is 20.3. The third-order valence-electron chi connectivity index (χ3n) is 5.06. The van der Waals surface area contributed by atoms with Gasteiger partial charge in [0.1, 0.15) is 0 Å². The second kappa shape index (κ2) is 7.50. The molecule has 1 atom stereocenters. The molecule has 29 heavy (non-hydrogen) atoms. The molecule has 0 aliphatic carbocycles. The number of carboxylic acids is 1. The summed E-state index contributed by atoms with van der Waals surface area (Å²) in [6.07, 6.45) is 0. The Labute approximate surface area is 168 Å². The van der Waals surface area contributed by atoms with Crippen molar-refractivity contribution in [2.24, 2.45) is 5.92 Å². The predicted molar refractivity (Wildman–Crippen MR) is 107 cm³/mol. The molecule has 0 saturated heterocycles. The van der Waals surface area contributed by atoms with E-state index in [4.69, 9.17) is 5.11 Å². The van der Waals surface area contributed by atoms with Gasteiger partial charge in [-0.1, -0.05) is 19.1 Å². The molecular weight excluding hydrogens is 372 g/mol. The van der Waals surface area contributed by atoms with Crippen molar-refractivity contribution < 1.29 is 24.3 Å². The van der Waals surface area contributed by atoms with Gasteiger partial charge in [0, 0.05) is 19.2 Å². The highest BCUT2D eigenvalue weighted by atomic mass is 16.4. The van der Waals surface area contributed by atoms with Crippen LogP contribution < -0.4 is 4.90 Å². The Bertz CT molecular complexity index is 1040. The molecule has 2 aromatic rings. The summed E-state index contributed by atoms with van der Waals surface area (Å²) in [4.78, 5) is 52.0. The molecule has 3 rings (SSSR count). The van der Waals surface area contributed by atoms with Crippen LogP contribution in [-0.2, 0) is 4.79 Å². The predicted octanol–water partition coefficient (Wildman–Crippen LogP) is 2.90. The number of benzene rings is 2. The number of carboxylic acid groups (broad SMARTS) is 1. The Morgan fingerprint density at radius 2 is 1.69 bits per heavy atom. The van der Waals surface area contributed by atoms with Gasteiger partial charge >= 0.3 is 5.97 Å². The number of imide groups is 1. The van der Waals surface area contributed by atoms with Crippen LogP contribution >= 0.6 is 0 Å². The maximum atomic E-state index is 13.0. The Morgan fingerprint density at radius 3 is 2.34 bits per heavy atom. The first-order valence-electron chi connectivity index (χ1n) is 9.20. The second-order valence-electron chi connectivity index (χ2n) is 7.42. The molecule has 3 amide bonds. The monoisotopic (exact) mass is 394 g/mol. The Morgan fingerprint density at radius 1 is 1.03 bits per heavy atom. The number of amides is 3. The van der Waals surface area contributed by atoms with Crippen LogP contribution in [0.3, 0.4) is 0 Å². The number of carbonyl (C=O) groups excluding carboxylic acids is 3. The number of rotatable bonds is 5. The number of fused-ring (bicyclic) bond motifs is 1. The van der Waals surface area contributed by atoms with Gasteiger partial charge in [0.25, 0.3) is 17.7 Å². The van der Waals surface area contributed by atoms with Gasteiger partial charge in [-0.2, -0.15) is 0 Å². The molecule has 7 nitrogen and oxygen atoms in total.